The molecule has 1 aliphatic heterocycles. The Labute approximate surface area is 146 Å². The number of nitrogens with one attached hydrogen (secondary N) is 1. The second kappa shape index (κ2) is 6.92. The molecule has 0 amide bonds. The third-order valence-electron chi connectivity index (χ3n) is 5.04. The smallest absolute Gasteiger partial charge is 0.267 e. The second-order valence-electron chi connectivity index (χ2n) is 6.89. The Morgan fingerprint density at radius 3 is 2.80 bits per heavy atom. The standard InChI is InChI=1S/C18H23N5O2/c1-12-9-20-17(10-19-12)21-14-2-4-15(5-3-14)23-18(24)8-13-11-25-7-6-16(13)22-23/h8-10,14-15H,2-7,11H2,1H3,(H,20,21). The molecule has 0 atom stereocenters. The van der Waals surface area contributed by atoms with Crippen LogP contribution >= 0.6 is 0 Å². The van der Waals surface area contributed by atoms with Crippen LogP contribution in [-0.4, -0.2) is 32.4 Å². The van der Waals surface area contributed by atoms with Crippen LogP contribution in [0.1, 0.15) is 48.7 Å². The zero-order chi connectivity index (χ0) is 17.2. The van der Waals surface area contributed by atoms with E-state index in [0.29, 0.717) is 19.3 Å². The summed E-state index contributed by atoms with van der Waals surface area (Å²) in [4.78, 5) is 21.0. The summed E-state index contributed by atoms with van der Waals surface area (Å²) in [6.45, 7) is 3.12. The van der Waals surface area contributed by atoms with Crippen molar-refractivity contribution in [1.82, 2.24) is 19.7 Å². The van der Waals surface area contributed by atoms with Gasteiger partial charge in [0.2, 0.25) is 0 Å². The summed E-state index contributed by atoms with van der Waals surface area (Å²) in [5.41, 5.74) is 2.87. The number of hydrogen-bond acceptors (Lipinski definition) is 6. The quantitative estimate of drug-likeness (QED) is 0.920. The Balaban J connectivity index is 1.42. The molecule has 1 saturated carbocycles. The molecule has 2 aromatic heterocycles. The monoisotopic (exact) mass is 341 g/mol. The molecule has 4 rings (SSSR count). The SMILES string of the molecule is Cc1cnc(NC2CCC(n3nc4c(cc3=O)COCC4)CC2)cn1. The summed E-state index contributed by atoms with van der Waals surface area (Å²) in [7, 11) is 0. The fourth-order valence-corrected chi connectivity index (χ4v) is 3.63. The number of nitrogens with zero attached hydrogens (tertiary/aromatic N) is 4. The van der Waals surface area contributed by atoms with Crippen LogP contribution in [0.15, 0.2) is 23.3 Å². The van der Waals surface area contributed by atoms with E-state index in [1.807, 2.05) is 6.92 Å². The van der Waals surface area contributed by atoms with Crippen LogP contribution in [0.3, 0.4) is 0 Å². The number of aryl methyl sites for hydroxylation is 1. The molecule has 7 heteroatoms. The van der Waals surface area contributed by atoms with E-state index in [2.05, 4.69) is 20.4 Å². The van der Waals surface area contributed by atoms with Crippen LogP contribution in [0, 0.1) is 6.92 Å². The molecule has 132 valence electrons. The summed E-state index contributed by atoms with van der Waals surface area (Å²) < 4.78 is 7.11. The molecule has 0 spiro atoms. The summed E-state index contributed by atoms with van der Waals surface area (Å²) in [6.07, 6.45) is 8.22. The third-order valence-corrected chi connectivity index (χ3v) is 5.04. The minimum Gasteiger partial charge on any atom is -0.376 e. The van der Waals surface area contributed by atoms with E-state index in [9.17, 15) is 4.79 Å². The van der Waals surface area contributed by atoms with Gasteiger partial charge in [0.15, 0.2) is 0 Å². The number of fused-ring (bicyclic) bond motifs is 1. The van der Waals surface area contributed by atoms with Crippen molar-refractivity contribution in [2.45, 2.75) is 57.7 Å². The first kappa shape index (κ1) is 16.2. The highest BCUT2D eigenvalue weighted by atomic mass is 16.5. The molecule has 25 heavy (non-hydrogen) atoms. The van der Waals surface area contributed by atoms with Gasteiger partial charge in [-0.05, 0) is 32.6 Å². The maximum absolute atomic E-state index is 12.4. The molecular weight excluding hydrogens is 318 g/mol. The minimum absolute atomic E-state index is 0.00920. The number of rotatable bonds is 3. The van der Waals surface area contributed by atoms with Gasteiger partial charge in [-0.25, -0.2) is 9.67 Å². The van der Waals surface area contributed by atoms with Crippen LogP contribution < -0.4 is 10.9 Å². The van der Waals surface area contributed by atoms with Crippen LogP contribution in [0.5, 0.6) is 0 Å². The Kier molecular flexibility index (Phi) is 4.48. The van der Waals surface area contributed by atoms with Gasteiger partial charge in [-0.1, -0.05) is 0 Å². The molecule has 1 N–H and O–H groups in total. The predicted molar refractivity (Wildman–Crippen MR) is 93.5 cm³/mol. The van der Waals surface area contributed by atoms with Crippen molar-refractivity contribution in [3.8, 4) is 0 Å². The van der Waals surface area contributed by atoms with Crippen molar-refractivity contribution in [3.05, 3.63) is 45.8 Å². The topological polar surface area (TPSA) is 81.9 Å². The molecule has 2 aromatic rings. The van der Waals surface area contributed by atoms with Gasteiger partial charge in [0, 0.05) is 24.1 Å². The number of hydrogen-bond donors (Lipinski definition) is 1. The molecule has 1 aliphatic carbocycles. The lowest BCUT2D eigenvalue weighted by molar-refractivity contribution is 0.107. The lowest BCUT2D eigenvalue weighted by Crippen LogP contribution is -2.35. The number of anilines is 1. The van der Waals surface area contributed by atoms with E-state index in [1.165, 1.54) is 0 Å². The lowest BCUT2D eigenvalue weighted by atomic mass is 9.91. The minimum atomic E-state index is -0.00920. The fourth-order valence-electron chi connectivity index (χ4n) is 3.63. The van der Waals surface area contributed by atoms with Crippen LogP contribution in [-0.2, 0) is 17.8 Å². The molecule has 2 aliphatic rings. The van der Waals surface area contributed by atoms with Crippen molar-refractivity contribution in [2.24, 2.45) is 0 Å². The van der Waals surface area contributed by atoms with Crippen LogP contribution in [0.25, 0.3) is 0 Å². The highest BCUT2D eigenvalue weighted by Crippen LogP contribution is 2.29. The lowest BCUT2D eigenvalue weighted by Gasteiger charge is -2.30. The Morgan fingerprint density at radius 1 is 1.20 bits per heavy atom. The Morgan fingerprint density at radius 2 is 2.04 bits per heavy atom. The van der Waals surface area contributed by atoms with Gasteiger partial charge in [-0.2, -0.15) is 5.10 Å². The van der Waals surface area contributed by atoms with Gasteiger partial charge in [0.25, 0.3) is 5.56 Å². The summed E-state index contributed by atoms with van der Waals surface area (Å²) in [5, 5.41) is 8.08. The van der Waals surface area contributed by atoms with Gasteiger partial charge in [-0.15, -0.1) is 0 Å². The largest absolute Gasteiger partial charge is 0.376 e. The van der Waals surface area contributed by atoms with E-state index in [1.54, 1.807) is 23.1 Å². The Bertz CT molecular complexity index is 794. The average molecular weight is 341 g/mol. The van der Waals surface area contributed by atoms with Crippen molar-refractivity contribution in [2.75, 3.05) is 11.9 Å². The average Bonchev–Trinajstić information content (AvgIpc) is 2.64. The maximum atomic E-state index is 12.4. The van der Waals surface area contributed by atoms with Crippen molar-refractivity contribution >= 4 is 5.82 Å². The van der Waals surface area contributed by atoms with E-state index in [0.717, 1.165) is 54.9 Å². The van der Waals surface area contributed by atoms with Gasteiger partial charge in [0.1, 0.15) is 5.82 Å². The summed E-state index contributed by atoms with van der Waals surface area (Å²) in [5.74, 6) is 0.818. The first-order valence-corrected chi connectivity index (χ1v) is 8.93. The summed E-state index contributed by atoms with van der Waals surface area (Å²) in [6, 6.07) is 2.26. The van der Waals surface area contributed by atoms with E-state index < -0.39 is 0 Å². The molecule has 0 aromatic carbocycles. The number of ether oxygens (including phenoxy) is 1. The molecule has 1 fully saturated rings. The maximum Gasteiger partial charge on any atom is 0.267 e. The molecule has 0 saturated heterocycles. The first-order valence-electron chi connectivity index (χ1n) is 8.93. The molecule has 7 nitrogen and oxygen atoms in total. The Hall–Kier alpha value is -2.28. The summed E-state index contributed by atoms with van der Waals surface area (Å²) >= 11 is 0. The van der Waals surface area contributed by atoms with E-state index in [-0.39, 0.29) is 11.6 Å². The van der Waals surface area contributed by atoms with Gasteiger partial charge in [0.05, 0.1) is 43.0 Å². The highest BCUT2D eigenvalue weighted by Gasteiger charge is 2.25. The highest BCUT2D eigenvalue weighted by molar-refractivity contribution is 5.32. The van der Waals surface area contributed by atoms with Crippen molar-refractivity contribution in [3.63, 3.8) is 0 Å². The van der Waals surface area contributed by atoms with E-state index >= 15 is 0 Å². The number of aromatic nitrogens is 4. The van der Waals surface area contributed by atoms with Gasteiger partial charge >= 0.3 is 0 Å². The normalized spacial score (nSPS) is 23.1. The van der Waals surface area contributed by atoms with Gasteiger partial charge in [-0.3, -0.25) is 9.78 Å². The van der Waals surface area contributed by atoms with Crippen LogP contribution in [0.2, 0.25) is 0 Å². The molecule has 0 radical (unpaired) electrons. The second-order valence-corrected chi connectivity index (χ2v) is 6.89. The molecular formula is C18H23N5O2. The molecule has 0 unspecified atom stereocenters. The molecule has 0 bridgehead atoms. The first-order chi connectivity index (χ1) is 12.2. The van der Waals surface area contributed by atoms with Crippen molar-refractivity contribution < 1.29 is 4.74 Å². The van der Waals surface area contributed by atoms with Gasteiger partial charge < -0.3 is 10.1 Å². The zero-order valence-electron chi connectivity index (χ0n) is 14.4. The zero-order valence-corrected chi connectivity index (χ0v) is 14.4. The predicted octanol–water partition coefficient (Wildman–Crippen LogP) is 2.01. The van der Waals surface area contributed by atoms with Crippen LogP contribution in [0.4, 0.5) is 5.82 Å². The third kappa shape index (κ3) is 3.56. The van der Waals surface area contributed by atoms with E-state index in [4.69, 9.17) is 4.74 Å². The fraction of sp³-hybridized carbons (Fsp3) is 0.556. The van der Waals surface area contributed by atoms with Crippen molar-refractivity contribution in [1.29, 1.82) is 0 Å². The molecule has 3 heterocycles.